The van der Waals surface area contributed by atoms with Gasteiger partial charge in [-0.1, -0.05) is 121 Å². The Hall–Kier alpha value is -6.48. The second-order valence-corrected chi connectivity index (χ2v) is 15.3. The standard InChI is InChI=1S/C51H33NS/c1-32-16-21-40(22-17-32)52(48-25-24-43-42-14-8-9-15-49(42)53-51(43)50(48)34-12-6-3-7-13-34)41-23-20-37-29-45-44-28-36-19-18-35(33-10-4-2-5-11-33)26-38(36)30-46(44)47(45)31-39(37)27-41/h2-31H,1H3. The summed E-state index contributed by atoms with van der Waals surface area (Å²) in [5, 5.41) is 7.67. The van der Waals surface area contributed by atoms with Gasteiger partial charge in [0, 0.05) is 37.1 Å². The van der Waals surface area contributed by atoms with E-state index in [1.807, 2.05) is 11.3 Å². The SMILES string of the molecule is Cc1ccc(N(c2ccc3cc4c(cc3c2)-c2cc3cc(-c5ccccc5)ccc3cc2-4)c2ccc3c(sc4ccccc43)c2-c2ccccc2)cc1. The highest BCUT2D eigenvalue weighted by molar-refractivity contribution is 7.26. The van der Waals surface area contributed by atoms with Crippen molar-refractivity contribution >= 4 is 70.1 Å². The van der Waals surface area contributed by atoms with E-state index in [-0.39, 0.29) is 0 Å². The van der Waals surface area contributed by atoms with Crippen molar-refractivity contribution < 1.29 is 0 Å². The molecule has 1 aliphatic rings. The Labute approximate surface area is 312 Å². The van der Waals surface area contributed by atoms with E-state index in [0.717, 1.165) is 11.4 Å². The third-order valence-corrected chi connectivity index (χ3v) is 12.2. The van der Waals surface area contributed by atoms with E-state index < -0.39 is 0 Å². The Kier molecular flexibility index (Phi) is 6.71. The summed E-state index contributed by atoms with van der Waals surface area (Å²) in [6.07, 6.45) is 0. The fourth-order valence-corrected chi connectivity index (χ4v) is 9.60. The summed E-state index contributed by atoms with van der Waals surface area (Å²) in [7, 11) is 0. The first-order valence-corrected chi connectivity index (χ1v) is 19.1. The molecule has 1 heterocycles. The molecule has 0 aliphatic heterocycles. The molecule has 0 spiro atoms. The maximum absolute atomic E-state index is 2.46. The number of aryl methyl sites for hydroxylation is 1. The first kappa shape index (κ1) is 30.2. The zero-order valence-electron chi connectivity index (χ0n) is 29.2. The van der Waals surface area contributed by atoms with Crippen LogP contribution in [-0.2, 0) is 0 Å². The number of rotatable bonds is 5. The fraction of sp³-hybridized carbons (Fsp3) is 0.0196. The minimum Gasteiger partial charge on any atom is -0.310 e. The zero-order valence-corrected chi connectivity index (χ0v) is 30.0. The molecule has 9 aromatic carbocycles. The number of fused-ring (bicyclic) bond motifs is 9. The van der Waals surface area contributed by atoms with Crippen LogP contribution in [0.5, 0.6) is 0 Å². The van der Waals surface area contributed by atoms with Gasteiger partial charge in [0.25, 0.3) is 0 Å². The highest BCUT2D eigenvalue weighted by Crippen LogP contribution is 2.52. The van der Waals surface area contributed by atoms with Crippen LogP contribution in [0.3, 0.4) is 0 Å². The van der Waals surface area contributed by atoms with Crippen LogP contribution < -0.4 is 4.90 Å². The smallest absolute Gasteiger partial charge is 0.0554 e. The highest BCUT2D eigenvalue weighted by Gasteiger charge is 2.25. The Morgan fingerprint density at radius 3 is 1.70 bits per heavy atom. The average molecular weight is 692 g/mol. The molecule has 0 radical (unpaired) electrons. The number of anilines is 3. The van der Waals surface area contributed by atoms with Crippen molar-refractivity contribution in [2.45, 2.75) is 6.92 Å². The van der Waals surface area contributed by atoms with Crippen molar-refractivity contribution in [3.63, 3.8) is 0 Å². The molecule has 0 unspecified atom stereocenters. The summed E-state index contributed by atoms with van der Waals surface area (Å²) in [4.78, 5) is 2.46. The molecule has 10 aromatic rings. The van der Waals surface area contributed by atoms with Crippen molar-refractivity contribution in [2.75, 3.05) is 4.90 Å². The van der Waals surface area contributed by atoms with Gasteiger partial charge in [0.15, 0.2) is 0 Å². The average Bonchev–Trinajstić information content (AvgIpc) is 3.59. The minimum atomic E-state index is 1.14. The normalized spacial score (nSPS) is 11.9. The molecular formula is C51H33NS. The van der Waals surface area contributed by atoms with Crippen LogP contribution in [0.4, 0.5) is 17.1 Å². The van der Waals surface area contributed by atoms with Crippen LogP contribution in [-0.4, -0.2) is 0 Å². The summed E-state index contributed by atoms with van der Waals surface area (Å²) in [5.74, 6) is 0. The predicted octanol–water partition coefficient (Wildman–Crippen LogP) is 15.1. The predicted molar refractivity (Wildman–Crippen MR) is 229 cm³/mol. The number of thiophene rings is 1. The lowest BCUT2D eigenvalue weighted by molar-refractivity contribution is 1.29. The van der Waals surface area contributed by atoms with Gasteiger partial charge >= 0.3 is 0 Å². The van der Waals surface area contributed by atoms with Crippen molar-refractivity contribution in [1.82, 2.24) is 0 Å². The van der Waals surface area contributed by atoms with Gasteiger partial charge in [0.1, 0.15) is 0 Å². The molecule has 0 bridgehead atoms. The summed E-state index contributed by atoms with van der Waals surface area (Å²) < 4.78 is 2.62. The first-order valence-electron chi connectivity index (χ1n) is 18.2. The molecule has 11 rings (SSSR count). The molecule has 0 N–H and O–H groups in total. The second kappa shape index (κ2) is 11.8. The van der Waals surface area contributed by atoms with Crippen molar-refractivity contribution in [1.29, 1.82) is 0 Å². The molecule has 1 aromatic heterocycles. The second-order valence-electron chi connectivity index (χ2n) is 14.2. The molecule has 2 heteroatoms. The Morgan fingerprint density at radius 1 is 0.396 bits per heavy atom. The summed E-state index contributed by atoms with van der Waals surface area (Å²) >= 11 is 1.89. The van der Waals surface area contributed by atoms with Gasteiger partial charge in [-0.3, -0.25) is 0 Å². The molecule has 1 aliphatic carbocycles. The number of hydrogen-bond donors (Lipinski definition) is 0. The first-order chi connectivity index (χ1) is 26.2. The minimum absolute atomic E-state index is 1.14. The largest absolute Gasteiger partial charge is 0.310 e. The Bertz CT molecular complexity index is 3050. The van der Waals surface area contributed by atoms with E-state index in [4.69, 9.17) is 0 Å². The van der Waals surface area contributed by atoms with Crippen molar-refractivity contribution in [2.24, 2.45) is 0 Å². The topological polar surface area (TPSA) is 3.24 Å². The number of hydrogen-bond acceptors (Lipinski definition) is 2. The number of benzene rings is 9. The third kappa shape index (κ3) is 4.84. The fourth-order valence-electron chi connectivity index (χ4n) is 8.33. The molecule has 248 valence electrons. The van der Waals surface area contributed by atoms with Crippen molar-refractivity contribution in [3.05, 3.63) is 188 Å². The van der Waals surface area contributed by atoms with Gasteiger partial charge in [-0.2, -0.15) is 0 Å². The molecule has 0 fully saturated rings. The maximum Gasteiger partial charge on any atom is 0.0554 e. The molecule has 0 amide bonds. The van der Waals surface area contributed by atoms with E-state index in [1.165, 1.54) is 97.5 Å². The van der Waals surface area contributed by atoms with Crippen LogP contribution in [0, 0.1) is 6.92 Å². The lowest BCUT2D eigenvalue weighted by Crippen LogP contribution is -2.11. The monoisotopic (exact) mass is 691 g/mol. The van der Waals surface area contributed by atoms with E-state index in [1.54, 1.807) is 0 Å². The van der Waals surface area contributed by atoms with Crippen LogP contribution in [0.1, 0.15) is 5.56 Å². The summed E-state index contributed by atoms with van der Waals surface area (Å²) in [5.41, 5.74) is 15.0. The highest BCUT2D eigenvalue weighted by atomic mass is 32.1. The Balaban J connectivity index is 1.09. The van der Waals surface area contributed by atoms with Gasteiger partial charge in [0.2, 0.25) is 0 Å². The molecule has 0 atom stereocenters. The van der Waals surface area contributed by atoms with Crippen LogP contribution in [0.2, 0.25) is 0 Å². The summed E-state index contributed by atoms with van der Waals surface area (Å²) in [6, 6.07) is 67.3. The maximum atomic E-state index is 2.46. The molecule has 0 saturated heterocycles. The van der Waals surface area contributed by atoms with E-state index in [9.17, 15) is 0 Å². The lowest BCUT2D eigenvalue weighted by Gasteiger charge is -2.29. The van der Waals surface area contributed by atoms with Crippen LogP contribution in [0.15, 0.2) is 182 Å². The summed E-state index contributed by atoms with van der Waals surface area (Å²) in [6.45, 7) is 2.16. The van der Waals surface area contributed by atoms with Gasteiger partial charge in [-0.05, 0) is 134 Å². The lowest BCUT2D eigenvalue weighted by atomic mass is 9.77. The van der Waals surface area contributed by atoms with Crippen molar-refractivity contribution in [3.8, 4) is 44.5 Å². The number of nitrogens with zero attached hydrogens (tertiary/aromatic N) is 1. The van der Waals surface area contributed by atoms with Gasteiger partial charge in [0.05, 0.1) is 5.69 Å². The van der Waals surface area contributed by atoms with E-state index in [0.29, 0.717) is 0 Å². The molecule has 1 nitrogen and oxygen atoms in total. The molecule has 53 heavy (non-hydrogen) atoms. The van der Waals surface area contributed by atoms with Crippen LogP contribution >= 0.6 is 11.3 Å². The van der Waals surface area contributed by atoms with E-state index in [2.05, 4.69) is 194 Å². The van der Waals surface area contributed by atoms with E-state index >= 15 is 0 Å². The third-order valence-electron chi connectivity index (χ3n) is 11.0. The van der Waals surface area contributed by atoms with Gasteiger partial charge < -0.3 is 4.90 Å². The molecule has 0 saturated carbocycles. The van der Waals surface area contributed by atoms with Gasteiger partial charge in [-0.15, -0.1) is 11.3 Å². The van der Waals surface area contributed by atoms with Gasteiger partial charge in [-0.25, -0.2) is 0 Å². The quantitative estimate of drug-likeness (QED) is 0.174. The Morgan fingerprint density at radius 2 is 0.981 bits per heavy atom. The van der Waals surface area contributed by atoms with Crippen LogP contribution in [0.25, 0.3) is 86.2 Å². The molecular weight excluding hydrogens is 659 g/mol. The zero-order chi connectivity index (χ0) is 35.0.